The zero-order valence-electron chi connectivity index (χ0n) is 10.4. The first-order chi connectivity index (χ1) is 9.74. The minimum absolute atomic E-state index is 0.113. The van der Waals surface area contributed by atoms with Crippen molar-refractivity contribution in [2.75, 3.05) is 18.5 Å². The molecule has 0 aliphatic rings. The second-order valence-electron chi connectivity index (χ2n) is 3.74. The van der Waals surface area contributed by atoms with E-state index in [-0.39, 0.29) is 18.0 Å². The van der Waals surface area contributed by atoms with E-state index in [0.717, 1.165) is 12.1 Å². The average molecular weight is 302 g/mol. The van der Waals surface area contributed by atoms with Crippen LogP contribution in [0.2, 0.25) is 0 Å². The molecule has 1 aromatic rings. The molecule has 9 heteroatoms. The molecule has 0 bridgehead atoms. The number of alkyl halides is 3. The number of carbonyl (C=O) groups is 1. The number of amides is 1. The Bertz CT molecular complexity index is 593. The van der Waals surface area contributed by atoms with Crippen molar-refractivity contribution in [1.82, 2.24) is 0 Å². The number of rotatable bonds is 5. The molecule has 1 rings (SSSR count). The number of terminal acetylenes is 1. The second-order valence-corrected chi connectivity index (χ2v) is 3.74. The molecule has 0 aliphatic carbocycles. The van der Waals surface area contributed by atoms with Crippen LogP contribution in [0, 0.1) is 22.5 Å². The van der Waals surface area contributed by atoms with Crippen LogP contribution in [0.4, 0.5) is 18.9 Å². The SMILES string of the molecule is C#CCOc1ccc(C(F)(F)F)cc1NC(=O)C[N+](=O)[O-]. The molecule has 0 aromatic heterocycles. The number of hydrogen-bond acceptors (Lipinski definition) is 4. The molecule has 0 heterocycles. The molecule has 0 saturated carbocycles. The molecule has 1 amide bonds. The van der Waals surface area contributed by atoms with E-state index in [1.807, 2.05) is 5.32 Å². The molecule has 0 spiro atoms. The van der Waals surface area contributed by atoms with Gasteiger partial charge in [-0.05, 0) is 18.2 Å². The highest BCUT2D eigenvalue weighted by atomic mass is 19.4. The first-order valence-corrected chi connectivity index (χ1v) is 5.43. The van der Waals surface area contributed by atoms with Gasteiger partial charge in [-0.3, -0.25) is 14.9 Å². The Morgan fingerprint density at radius 1 is 1.48 bits per heavy atom. The van der Waals surface area contributed by atoms with Crippen LogP contribution in [0.1, 0.15) is 5.56 Å². The molecule has 6 nitrogen and oxygen atoms in total. The van der Waals surface area contributed by atoms with E-state index in [9.17, 15) is 28.1 Å². The highest BCUT2D eigenvalue weighted by Crippen LogP contribution is 2.35. The molecule has 0 fully saturated rings. The Balaban J connectivity index is 3.07. The largest absolute Gasteiger partial charge is 0.479 e. The van der Waals surface area contributed by atoms with E-state index >= 15 is 0 Å². The quantitative estimate of drug-likeness (QED) is 0.512. The summed E-state index contributed by atoms with van der Waals surface area (Å²) in [5, 5.41) is 12.2. The third-order valence-corrected chi connectivity index (χ3v) is 2.16. The van der Waals surface area contributed by atoms with Gasteiger partial charge in [0.2, 0.25) is 0 Å². The molecule has 1 N–H and O–H groups in total. The lowest BCUT2D eigenvalue weighted by atomic mass is 10.1. The summed E-state index contributed by atoms with van der Waals surface area (Å²) in [6, 6.07) is 2.33. The maximum atomic E-state index is 12.6. The van der Waals surface area contributed by atoms with Gasteiger partial charge in [-0.15, -0.1) is 6.42 Å². The van der Waals surface area contributed by atoms with Crippen LogP contribution in [-0.4, -0.2) is 24.0 Å². The van der Waals surface area contributed by atoms with Crippen molar-refractivity contribution in [3.05, 3.63) is 33.9 Å². The van der Waals surface area contributed by atoms with Gasteiger partial charge >= 0.3 is 6.18 Å². The van der Waals surface area contributed by atoms with Gasteiger partial charge in [0.15, 0.2) is 0 Å². The lowest BCUT2D eigenvalue weighted by Gasteiger charge is -2.13. The van der Waals surface area contributed by atoms with Crippen molar-refractivity contribution in [3.8, 4) is 18.1 Å². The van der Waals surface area contributed by atoms with Crippen molar-refractivity contribution in [2.24, 2.45) is 0 Å². The fourth-order valence-electron chi connectivity index (χ4n) is 1.36. The Morgan fingerprint density at radius 2 is 2.14 bits per heavy atom. The molecule has 21 heavy (non-hydrogen) atoms. The number of nitro groups is 1. The highest BCUT2D eigenvalue weighted by Gasteiger charge is 2.31. The van der Waals surface area contributed by atoms with Crippen LogP contribution in [-0.2, 0) is 11.0 Å². The number of anilines is 1. The molecule has 0 aliphatic heterocycles. The normalized spacial score (nSPS) is 10.6. The van der Waals surface area contributed by atoms with Crippen LogP contribution >= 0.6 is 0 Å². The topological polar surface area (TPSA) is 81.5 Å². The van der Waals surface area contributed by atoms with Gasteiger partial charge in [-0.2, -0.15) is 13.2 Å². The lowest BCUT2D eigenvalue weighted by molar-refractivity contribution is -0.467. The zero-order valence-corrected chi connectivity index (χ0v) is 10.4. The molecule has 0 radical (unpaired) electrons. The predicted octanol–water partition coefficient (Wildman–Crippen LogP) is 1.93. The van der Waals surface area contributed by atoms with E-state index in [2.05, 4.69) is 5.92 Å². The summed E-state index contributed by atoms with van der Waals surface area (Å²) in [4.78, 5) is 20.6. The van der Waals surface area contributed by atoms with Gasteiger partial charge in [0.25, 0.3) is 12.5 Å². The van der Waals surface area contributed by atoms with Crippen LogP contribution in [0.15, 0.2) is 18.2 Å². The smallest absolute Gasteiger partial charge is 0.416 e. The summed E-state index contributed by atoms with van der Waals surface area (Å²) in [7, 11) is 0. The molecule has 0 unspecified atom stereocenters. The third kappa shape index (κ3) is 5.02. The number of nitrogens with zero attached hydrogens (tertiary/aromatic N) is 1. The fraction of sp³-hybridized carbons (Fsp3) is 0.250. The van der Waals surface area contributed by atoms with E-state index in [0.29, 0.717) is 6.07 Å². The van der Waals surface area contributed by atoms with Crippen LogP contribution < -0.4 is 10.1 Å². The van der Waals surface area contributed by atoms with Crippen LogP contribution in [0.5, 0.6) is 5.75 Å². The van der Waals surface area contributed by atoms with Gasteiger partial charge in [-0.1, -0.05) is 5.92 Å². The Hall–Kier alpha value is -2.76. The summed E-state index contributed by atoms with van der Waals surface area (Å²) in [5.41, 5.74) is -1.38. The molecule has 112 valence electrons. The van der Waals surface area contributed by atoms with Crippen molar-refractivity contribution in [2.45, 2.75) is 6.18 Å². The summed E-state index contributed by atoms with van der Waals surface area (Å²) in [6.07, 6.45) is 0.329. The van der Waals surface area contributed by atoms with Crippen molar-refractivity contribution >= 4 is 11.6 Å². The summed E-state index contributed by atoms with van der Waals surface area (Å²) < 4.78 is 42.8. The van der Waals surface area contributed by atoms with Gasteiger partial charge < -0.3 is 10.1 Å². The second kappa shape index (κ2) is 6.60. The number of halogens is 3. The minimum Gasteiger partial charge on any atom is -0.479 e. The highest BCUT2D eigenvalue weighted by molar-refractivity contribution is 5.93. The predicted molar refractivity (Wildman–Crippen MR) is 66.3 cm³/mol. The van der Waals surface area contributed by atoms with Gasteiger partial charge in [0.05, 0.1) is 11.3 Å². The Kier molecular flexibility index (Phi) is 5.12. The van der Waals surface area contributed by atoms with E-state index in [4.69, 9.17) is 11.2 Å². The van der Waals surface area contributed by atoms with Crippen molar-refractivity contribution < 1.29 is 27.6 Å². The Labute approximate surface area is 117 Å². The Morgan fingerprint density at radius 3 is 2.67 bits per heavy atom. The molecule has 0 atom stereocenters. The number of carbonyl (C=O) groups excluding carboxylic acids is 1. The van der Waals surface area contributed by atoms with E-state index in [1.54, 1.807) is 0 Å². The molecule has 1 aromatic carbocycles. The monoisotopic (exact) mass is 302 g/mol. The molecule has 0 saturated heterocycles. The van der Waals surface area contributed by atoms with Gasteiger partial charge in [0.1, 0.15) is 12.4 Å². The zero-order chi connectivity index (χ0) is 16.0. The summed E-state index contributed by atoms with van der Waals surface area (Å²) >= 11 is 0. The lowest BCUT2D eigenvalue weighted by Crippen LogP contribution is -2.22. The number of benzene rings is 1. The first kappa shape index (κ1) is 16.3. The van der Waals surface area contributed by atoms with Crippen molar-refractivity contribution in [3.63, 3.8) is 0 Å². The van der Waals surface area contributed by atoms with Crippen LogP contribution in [0.25, 0.3) is 0 Å². The maximum absolute atomic E-state index is 12.6. The maximum Gasteiger partial charge on any atom is 0.416 e. The van der Waals surface area contributed by atoms with Crippen LogP contribution in [0.3, 0.4) is 0 Å². The van der Waals surface area contributed by atoms with Gasteiger partial charge in [0, 0.05) is 4.92 Å². The number of hydrogen-bond donors (Lipinski definition) is 1. The minimum atomic E-state index is -4.63. The van der Waals surface area contributed by atoms with Crippen molar-refractivity contribution in [1.29, 1.82) is 0 Å². The first-order valence-electron chi connectivity index (χ1n) is 5.43. The van der Waals surface area contributed by atoms with E-state index in [1.165, 1.54) is 0 Å². The molecular weight excluding hydrogens is 293 g/mol. The average Bonchev–Trinajstić information content (AvgIpc) is 2.35. The summed E-state index contributed by atoms with van der Waals surface area (Å²) in [5.74, 6) is 0.916. The standard InChI is InChI=1S/C12H9F3N2O4/c1-2-5-21-10-4-3-8(12(13,14)15)6-9(10)16-11(18)7-17(19)20/h1,3-4,6H,5,7H2,(H,16,18). The van der Waals surface area contributed by atoms with Gasteiger partial charge in [-0.25, -0.2) is 0 Å². The third-order valence-electron chi connectivity index (χ3n) is 2.16. The number of ether oxygens (including phenoxy) is 1. The van der Waals surface area contributed by atoms with E-state index < -0.39 is 29.1 Å². The molecular formula is C12H9F3N2O4. The summed E-state index contributed by atoms with van der Waals surface area (Å²) in [6.45, 7) is -1.31. The number of nitrogens with one attached hydrogen (secondary N) is 1. The fourth-order valence-corrected chi connectivity index (χ4v) is 1.36.